The fraction of sp³-hybridized carbons (Fsp3) is 0.923. The van der Waals surface area contributed by atoms with Crippen LogP contribution in [0.3, 0.4) is 0 Å². The molecule has 0 bridgehead atoms. The molecule has 0 saturated heterocycles. The maximum Gasteiger partial charge on any atom is 0.0727 e. The number of hydrogen-bond donors (Lipinski definition) is 2. The van der Waals surface area contributed by atoms with E-state index in [0.717, 1.165) is 32.4 Å². The van der Waals surface area contributed by atoms with Gasteiger partial charge in [-0.15, -0.1) is 0 Å². The molecule has 1 rings (SSSR count). The normalized spacial score (nSPS) is 17.5. The third kappa shape index (κ3) is 6.34. The summed E-state index contributed by atoms with van der Waals surface area (Å²) in [7, 11) is 0. The van der Waals surface area contributed by atoms with Crippen LogP contribution in [-0.4, -0.2) is 40.7 Å². The molecule has 0 aromatic rings. The van der Waals surface area contributed by atoms with Crippen molar-refractivity contribution < 1.29 is 5.11 Å². The van der Waals surface area contributed by atoms with E-state index in [0.29, 0.717) is 11.0 Å². The minimum atomic E-state index is 0.270. The summed E-state index contributed by atoms with van der Waals surface area (Å²) in [5.41, 5.74) is 5.49. The Morgan fingerprint density at radius 3 is 2.47 bits per heavy atom. The van der Waals surface area contributed by atoms with Gasteiger partial charge in [-0.1, -0.05) is 31.5 Å². The van der Waals surface area contributed by atoms with E-state index in [1.165, 1.54) is 32.1 Å². The molecule has 0 aliphatic heterocycles. The van der Waals surface area contributed by atoms with Crippen molar-refractivity contribution in [1.82, 2.24) is 4.90 Å². The third-order valence-electron chi connectivity index (χ3n) is 3.60. The lowest BCUT2D eigenvalue weighted by molar-refractivity contribution is 0.122. The number of nitrogens with two attached hydrogens (primary N) is 1. The molecule has 1 fully saturated rings. The van der Waals surface area contributed by atoms with E-state index >= 15 is 0 Å². The number of unbranched alkanes of at least 4 members (excludes halogenated alkanes) is 1. The van der Waals surface area contributed by atoms with Gasteiger partial charge in [-0.05, 0) is 38.6 Å². The number of nitrogens with zero attached hydrogens (tertiary/aromatic N) is 1. The predicted octanol–water partition coefficient (Wildman–Crippen LogP) is 2.07. The first-order valence-corrected chi connectivity index (χ1v) is 7.28. The van der Waals surface area contributed by atoms with Crippen molar-refractivity contribution in [2.45, 2.75) is 57.4 Å². The molecule has 1 saturated carbocycles. The van der Waals surface area contributed by atoms with Gasteiger partial charge in [0, 0.05) is 12.6 Å². The molecule has 17 heavy (non-hydrogen) atoms. The van der Waals surface area contributed by atoms with Gasteiger partial charge in [0.05, 0.1) is 11.6 Å². The van der Waals surface area contributed by atoms with Crippen molar-refractivity contribution in [2.24, 2.45) is 5.73 Å². The zero-order valence-corrected chi connectivity index (χ0v) is 11.6. The van der Waals surface area contributed by atoms with Crippen molar-refractivity contribution >= 4 is 17.2 Å². The Morgan fingerprint density at radius 2 is 1.88 bits per heavy atom. The minimum absolute atomic E-state index is 0.270. The first kappa shape index (κ1) is 14.9. The van der Waals surface area contributed by atoms with Crippen molar-refractivity contribution in [3.8, 4) is 0 Å². The Labute approximate surface area is 110 Å². The largest absolute Gasteiger partial charge is 0.395 e. The Balaban J connectivity index is 2.24. The van der Waals surface area contributed by atoms with Gasteiger partial charge in [0.2, 0.25) is 0 Å². The SMILES string of the molecule is NC(=S)CCCCN(CCO)C1CCCCC1. The Bertz CT molecular complexity index is 217. The molecule has 4 heteroatoms. The minimum Gasteiger partial charge on any atom is -0.395 e. The lowest BCUT2D eigenvalue weighted by atomic mass is 9.94. The van der Waals surface area contributed by atoms with Crippen LogP contribution in [0.4, 0.5) is 0 Å². The van der Waals surface area contributed by atoms with Crippen LogP contribution in [0.25, 0.3) is 0 Å². The average molecular weight is 258 g/mol. The van der Waals surface area contributed by atoms with Crippen LogP contribution in [0.2, 0.25) is 0 Å². The second kappa shape index (κ2) is 8.84. The second-order valence-electron chi connectivity index (χ2n) is 4.97. The van der Waals surface area contributed by atoms with Gasteiger partial charge in [0.1, 0.15) is 0 Å². The fourth-order valence-electron chi connectivity index (χ4n) is 2.67. The second-order valence-corrected chi connectivity index (χ2v) is 5.50. The molecule has 0 aromatic carbocycles. The lowest BCUT2D eigenvalue weighted by Gasteiger charge is -2.34. The van der Waals surface area contributed by atoms with Gasteiger partial charge in [-0.3, -0.25) is 4.90 Å². The number of hydrogen-bond acceptors (Lipinski definition) is 3. The molecule has 1 aliphatic rings. The maximum absolute atomic E-state index is 9.13. The van der Waals surface area contributed by atoms with Crippen molar-refractivity contribution in [3.63, 3.8) is 0 Å². The maximum atomic E-state index is 9.13. The van der Waals surface area contributed by atoms with E-state index in [1.807, 2.05) is 0 Å². The zero-order valence-electron chi connectivity index (χ0n) is 10.7. The summed E-state index contributed by atoms with van der Waals surface area (Å²) in [6.07, 6.45) is 9.74. The number of thiocarbonyl (C=S) groups is 1. The molecule has 3 nitrogen and oxygen atoms in total. The quantitative estimate of drug-likeness (QED) is 0.517. The molecule has 1 aliphatic carbocycles. The van der Waals surface area contributed by atoms with E-state index in [4.69, 9.17) is 23.1 Å². The van der Waals surface area contributed by atoms with Gasteiger partial charge in [0.25, 0.3) is 0 Å². The topological polar surface area (TPSA) is 49.5 Å². The van der Waals surface area contributed by atoms with Crippen LogP contribution in [0.15, 0.2) is 0 Å². The molecule has 0 amide bonds. The van der Waals surface area contributed by atoms with E-state index in [2.05, 4.69) is 4.90 Å². The van der Waals surface area contributed by atoms with Gasteiger partial charge in [-0.25, -0.2) is 0 Å². The van der Waals surface area contributed by atoms with Crippen LogP contribution in [0.1, 0.15) is 51.4 Å². The van der Waals surface area contributed by atoms with Crippen LogP contribution >= 0.6 is 12.2 Å². The fourth-order valence-corrected chi connectivity index (χ4v) is 2.81. The van der Waals surface area contributed by atoms with Crippen molar-refractivity contribution in [3.05, 3.63) is 0 Å². The molecular formula is C13H26N2OS. The molecule has 0 unspecified atom stereocenters. The number of rotatable bonds is 8. The zero-order chi connectivity index (χ0) is 12.5. The summed E-state index contributed by atoms with van der Waals surface area (Å²) in [6, 6.07) is 0.695. The molecule has 0 aromatic heterocycles. The van der Waals surface area contributed by atoms with E-state index in [-0.39, 0.29) is 6.61 Å². The standard InChI is InChI=1S/C13H26N2OS/c14-13(17)8-4-5-9-15(10-11-16)12-6-2-1-3-7-12/h12,16H,1-11H2,(H2,14,17). The van der Waals surface area contributed by atoms with Crippen LogP contribution in [0.5, 0.6) is 0 Å². The van der Waals surface area contributed by atoms with Gasteiger partial charge in [0.15, 0.2) is 0 Å². The summed E-state index contributed by atoms with van der Waals surface area (Å²) in [5.74, 6) is 0. The molecule has 0 atom stereocenters. The Morgan fingerprint density at radius 1 is 1.18 bits per heavy atom. The van der Waals surface area contributed by atoms with E-state index in [1.54, 1.807) is 0 Å². The van der Waals surface area contributed by atoms with Crippen molar-refractivity contribution in [1.29, 1.82) is 0 Å². The molecule has 3 N–H and O–H groups in total. The third-order valence-corrected chi connectivity index (χ3v) is 3.80. The van der Waals surface area contributed by atoms with Crippen LogP contribution < -0.4 is 5.73 Å². The van der Waals surface area contributed by atoms with Gasteiger partial charge >= 0.3 is 0 Å². The highest BCUT2D eigenvalue weighted by Gasteiger charge is 2.19. The average Bonchev–Trinajstić information content (AvgIpc) is 2.34. The van der Waals surface area contributed by atoms with Gasteiger partial charge < -0.3 is 10.8 Å². The highest BCUT2D eigenvalue weighted by atomic mass is 32.1. The van der Waals surface area contributed by atoms with Crippen LogP contribution in [-0.2, 0) is 0 Å². The summed E-state index contributed by atoms with van der Waals surface area (Å²) in [5, 5.41) is 9.13. The highest BCUT2D eigenvalue weighted by molar-refractivity contribution is 7.80. The molecule has 0 radical (unpaired) electrons. The van der Waals surface area contributed by atoms with Crippen LogP contribution in [0, 0.1) is 0 Å². The smallest absolute Gasteiger partial charge is 0.0727 e. The first-order valence-electron chi connectivity index (χ1n) is 6.87. The molecule has 0 spiro atoms. The molecular weight excluding hydrogens is 232 g/mol. The highest BCUT2D eigenvalue weighted by Crippen LogP contribution is 2.22. The monoisotopic (exact) mass is 258 g/mol. The summed E-state index contributed by atoms with van der Waals surface area (Å²) >= 11 is 4.88. The van der Waals surface area contributed by atoms with Crippen molar-refractivity contribution in [2.75, 3.05) is 19.7 Å². The molecule has 100 valence electrons. The number of aliphatic hydroxyl groups excluding tert-OH is 1. The molecule has 0 heterocycles. The summed E-state index contributed by atoms with van der Waals surface area (Å²) in [4.78, 5) is 3.08. The van der Waals surface area contributed by atoms with E-state index in [9.17, 15) is 0 Å². The van der Waals surface area contributed by atoms with Gasteiger partial charge in [-0.2, -0.15) is 0 Å². The number of aliphatic hydroxyl groups is 1. The predicted molar refractivity (Wildman–Crippen MR) is 76.2 cm³/mol. The summed E-state index contributed by atoms with van der Waals surface area (Å²) in [6.45, 7) is 2.16. The van der Waals surface area contributed by atoms with E-state index < -0.39 is 0 Å². The lowest BCUT2D eigenvalue weighted by Crippen LogP contribution is -2.39. The summed E-state index contributed by atoms with van der Waals surface area (Å²) < 4.78 is 0. The first-order chi connectivity index (χ1) is 8.24. The Kier molecular flexibility index (Phi) is 7.73. The Hall–Kier alpha value is -0.190.